The third-order valence-corrected chi connectivity index (χ3v) is 6.52. The monoisotopic (exact) mass is 423 g/mol. The van der Waals surface area contributed by atoms with E-state index in [1.807, 2.05) is 35.9 Å². The first kappa shape index (κ1) is 20.3. The van der Waals surface area contributed by atoms with E-state index in [4.69, 9.17) is 4.74 Å². The van der Waals surface area contributed by atoms with Gasteiger partial charge in [0.1, 0.15) is 6.04 Å². The molecule has 2 fully saturated rings. The molecular weight excluding hydrogens is 394 g/mol. The quantitative estimate of drug-likeness (QED) is 0.662. The maximum atomic E-state index is 13.3. The van der Waals surface area contributed by atoms with Crippen molar-refractivity contribution in [3.8, 4) is 0 Å². The smallest absolute Gasteiger partial charge is 0.253 e. The second kappa shape index (κ2) is 8.49. The molecule has 2 aromatic heterocycles. The summed E-state index contributed by atoms with van der Waals surface area (Å²) in [6, 6.07) is 7.77. The van der Waals surface area contributed by atoms with Gasteiger partial charge in [-0.25, -0.2) is 4.68 Å². The van der Waals surface area contributed by atoms with Crippen LogP contribution in [0.5, 0.6) is 0 Å². The number of fused-ring (bicyclic) bond motifs is 1. The van der Waals surface area contributed by atoms with Gasteiger partial charge in [-0.2, -0.15) is 0 Å². The first-order chi connectivity index (χ1) is 15.1. The SMILES string of the molecule is Cc1cccc2cc(C(c3nnnn3CC3CCCO3)N3CCN(C)CC3)c(=O)[nH]c12. The number of ether oxygens (including phenoxy) is 1. The number of nitrogens with one attached hydrogen (secondary N) is 1. The van der Waals surface area contributed by atoms with Crippen molar-refractivity contribution in [2.45, 2.75) is 38.5 Å². The number of H-pyrrole nitrogens is 1. The number of benzene rings is 1. The fourth-order valence-corrected chi connectivity index (χ4v) is 4.70. The third kappa shape index (κ3) is 4.00. The van der Waals surface area contributed by atoms with Crippen molar-refractivity contribution >= 4 is 10.9 Å². The Balaban J connectivity index is 1.59. The number of aromatic nitrogens is 5. The van der Waals surface area contributed by atoms with Crippen LogP contribution in [0.15, 0.2) is 29.1 Å². The summed E-state index contributed by atoms with van der Waals surface area (Å²) in [7, 11) is 2.12. The van der Waals surface area contributed by atoms with Gasteiger partial charge in [-0.1, -0.05) is 18.2 Å². The van der Waals surface area contributed by atoms with E-state index in [0.717, 1.165) is 62.1 Å². The molecule has 5 rings (SSSR count). The molecule has 0 radical (unpaired) electrons. The van der Waals surface area contributed by atoms with Crippen LogP contribution in [0.1, 0.15) is 35.8 Å². The van der Waals surface area contributed by atoms with Crippen LogP contribution in [0.4, 0.5) is 0 Å². The summed E-state index contributed by atoms with van der Waals surface area (Å²) in [5.41, 5.74) is 2.54. The van der Waals surface area contributed by atoms with Crippen LogP contribution >= 0.6 is 0 Å². The minimum absolute atomic E-state index is 0.0857. The highest BCUT2D eigenvalue weighted by atomic mass is 16.5. The van der Waals surface area contributed by atoms with Crippen LogP contribution in [0.3, 0.4) is 0 Å². The summed E-state index contributed by atoms with van der Waals surface area (Å²) in [6.45, 7) is 6.98. The van der Waals surface area contributed by atoms with Gasteiger partial charge in [0.25, 0.3) is 5.56 Å². The first-order valence-corrected chi connectivity index (χ1v) is 11.0. The van der Waals surface area contributed by atoms with E-state index >= 15 is 0 Å². The Morgan fingerprint density at radius 3 is 2.87 bits per heavy atom. The maximum Gasteiger partial charge on any atom is 0.253 e. The zero-order valence-corrected chi connectivity index (χ0v) is 18.1. The summed E-state index contributed by atoms with van der Waals surface area (Å²) < 4.78 is 7.65. The highest BCUT2D eigenvalue weighted by Crippen LogP contribution is 2.28. The number of rotatable bonds is 5. The van der Waals surface area contributed by atoms with Crippen LogP contribution in [0, 0.1) is 6.92 Å². The van der Waals surface area contributed by atoms with Crippen molar-refractivity contribution in [1.29, 1.82) is 0 Å². The molecule has 1 N–H and O–H groups in total. The van der Waals surface area contributed by atoms with E-state index in [1.165, 1.54) is 0 Å². The molecule has 2 aliphatic rings. The van der Waals surface area contributed by atoms with Gasteiger partial charge in [0.15, 0.2) is 5.82 Å². The average molecular weight is 424 g/mol. The maximum absolute atomic E-state index is 13.3. The number of nitrogens with zero attached hydrogens (tertiary/aromatic N) is 6. The van der Waals surface area contributed by atoms with E-state index in [9.17, 15) is 4.79 Å². The highest BCUT2D eigenvalue weighted by Gasteiger charge is 2.33. The molecule has 31 heavy (non-hydrogen) atoms. The lowest BCUT2D eigenvalue weighted by atomic mass is 10.0. The number of piperazine rings is 1. The van der Waals surface area contributed by atoms with E-state index < -0.39 is 0 Å². The third-order valence-electron chi connectivity index (χ3n) is 6.52. The predicted molar refractivity (Wildman–Crippen MR) is 117 cm³/mol. The summed E-state index contributed by atoms with van der Waals surface area (Å²) in [6.07, 6.45) is 2.19. The van der Waals surface area contributed by atoms with Gasteiger partial charge in [0.2, 0.25) is 0 Å². The highest BCUT2D eigenvalue weighted by molar-refractivity contribution is 5.82. The van der Waals surface area contributed by atoms with Crippen LogP contribution in [-0.4, -0.2) is 80.9 Å². The van der Waals surface area contributed by atoms with Gasteiger partial charge in [0, 0.05) is 38.3 Å². The molecule has 0 saturated carbocycles. The molecule has 0 amide bonds. The summed E-state index contributed by atoms with van der Waals surface area (Å²) >= 11 is 0. The Morgan fingerprint density at radius 2 is 2.10 bits per heavy atom. The number of aromatic amines is 1. The molecule has 4 heterocycles. The number of hydrogen-bond donors (Lipinski definition) is 1. The Hall–Kier alpha value is -2.62. The number of hydrogen-bond acceptors (Lipinski definition) is 7. The average Bonchev–Trinajstić information content (AvgIpc) is 3.44. The van der Waals surface area contributed by atoms with Crippen molar-refractivity contribution < 1.29 is 4.74 Å². The lowest BCUT2D eigenvalue weighted by Gasteiger charge is -2.37. The van der Waals surface area contributed by atoms with Crippen LogP contribution in [0.25, 0.3) is 10.9 Å². The van der Waals surface area contributed by atoms with E-state index in [-0.39, 0.29) is 17.7 Å². The van der Waals surface area contributed by atoms with Gasteiger partial charge >= 0.3 is 0 Å². The second-order valence-corrected chi connectivity index (χ2v) is 8.69. The van der Waals surface area contributed by atoms with Crippen LogP contribution in [-0.2, 0) is 11.3 Å². The van der Waals surface area contributed by atoms with Gasteiger partial charge in [0.05, 0.1) is 18.2 Å². The number of tetrazole rings is 1. The number of para-hydroxylation sites is 1. The molecule has 3 aromatic rings. The molecule has 2 aliphatic heterocycles. The van der Waals surface area contributed by atoms with E-state index in [2.05, 4.69) is 37.4 Å². The molecule has 9 heteroatoms. The molecule has 0 bridgehead atoms. The van der Waals surface area contributed by atoms with Crippen molar-refractivity contribution in [2.75, 3.05) is 39.8 Å². The van der Waals surface area contributed by atoms with Crippen molar-refractivity contribution in [3.63, 3.8) is 0 Å². The fourth-order valence-electron chi connectivity index (χ4n) is 4.70. The van der Waals surface area contributed by atoms with E-state index in [0.29, 0.717) is 17.9 Å². The molecule has 164 valence electrons. The molecule has 2 atom stereocenters. The molecule has 0 spiro atoms. The minimum Gasteiger partial charge on any atom is -0.376 e. The Bertz CT molecular complexity index is 1110. The molecular formula is C22H29N7O2. The standard InChI is InChI=1S/C22H29N7O2/c1-15-5-3-6-16-13-18(22(30)23-19(15)16)20(28-10-8-27(2)9-11-28)21-24-25-26-29(21)14-17-7-4-12-31-17/h3,5-6,13,17,20H,4,7-12,14H2,1-2H3,(H,23,30). The zero-order valence-electron chi connectivity index (χ0n) is 18.1. The molecule has 2 saturated heterocycles. The largest absolute Gasteiger partial charge is 0.376 e. The summed E-state index contributed by atoms with van der Waals surface area (Å²) in [5.74, 6) is 0.706. The van der Waals surface area contributed by atoms with Crippen LogP contribution < -0.4 is 5.56 Å². The topological polar surface area (TPSA) is 92.2 Å². The van der Waals surface area contributed by atoms with Crippen molar-refractivity contribution in [3.05, 3.63) is 51.6 Å². The lowest BCUT2D eigenvalue weighted by Crippen LogP contribution is -2.47. The Morgan fingerprint density at radius 1 is 1.26 bits per heavy atom. The second-order valence-electron chi connectivity index (χ2n) is 8.69. The normalized spacial score (nSPS) is 21.7. The first-order valence-electron chi connectivity index (χ1n) is 11.0. The molecule has 9 nitrogen and oxygen atoms in total. The Kier molecular flexibility index (Phi) is 5.56. The molecule has 0 aliphatic carbocycles. The molecule has 2 unspecified atom stereocenters. The van der Waals surface area contributed by atoms with Crippen LogP contribution in [0.2, 0.25) is 0 Å². The van der Waals surface area contributed by atoms with Crippen molar-refractivity contribution in [2.24, 2.45) is 0 Å². The van der Waals surface area contributed by atoms with E-state index in [1.54, 1.807) is 0 Å². The number of aryl methyl sites for hydroxylation is 1. The minimum atomic E-state index is -0.307. The fraction of sp³-hybridized carbons (Fsp3) is 0.545. The predicted octanol–water partition coefficient (Wildman–Crippen LogP) is 1.34. The zero-order chi connectivity index (χ0) is 21.4. The number of likely N-dealkylation sites (N-methyl/N-ethyl adjacent to an activating group) is 1. The molecule has 1 aromatic carbocycles. The number of pyridine rings is 1. The van der Waals surface area contributed by atoms with Gasteiger partial charge in [-0.15, -0.1) is 5.10 Å². The van der Waals surface area contributed by atoms with Gasteiger partial charge in [-0.3, -0.25) is 9.69 Å². The lowest BCUT2D eigenvalue weighted by molar-refractivity contribution is 0.0878. The van der Waals surface area contributed by atoms with Crippen molar-refractivity contribution in [1.82, 2.24) is 35.0 Å². The van der Waals surface area contributed by atoms with Gasteiger partial charge in [-0.05, 0) is 54.3 Å². The summed E-state index contributed by atoms with van der Waals surface area (Å²) in [5, 5.41) is 13.7. The summed E-state index contributed by atoms with van der Waals surface area (Å²) in [4.78, 5) is 21.0. The van der Waals surface area contributed by atoms with Gasteiger partial charge < -0.3 is 14.6 Å². The Labute approximate surface area is 181 Å².